The molecule has 0 saturated heterocycles. The summed E-state index contributed by atoms with van der Waals surface area (Å²) in [5.74, 6) is -0.0517. The molecule has 0 aromatic carbocycles. The SMILES string of the molecule is O=C(CC1CNC(=O)c2cncn21)NC1CCCCC1. The number of imidazole rings is 1. The summed E-state index contributed by atoms with van der Waals surface area (Å²) >= 11 is 0. The number of carbonyl (C=O) groups is 2. The van der Waals surface area contributed by atoms with Gasteiger partial charge in [-0.2, -0.15) is 0 Å². The third kappa shape index (κ3) is 2.69. The van der Waals surface area contributed by atoms with Crippen LogP contribution in [0.25, 0.3) is 0 Å². The zero-order valence-electron chi connectivity index (χ0n) is 11.5. The molecule has 1 fully saturated rings. The van der Waals surface area contributed by atoms with Crippen molar-refractivity contribution in [1.29, 1.82) is 0 Å². The van der Waals surface area contributed by atoms with Crippen molar-refractivity contribution in [3.8, 4) is 0 Å². The van der Waals surface area contributed by atoms with E-state index in [-0.39, 0.29) is 17.9 Å². The second-order valence-corrected chi connectivity index (χ2v) is 5.66. The van der Waals surface area contributed by atoms with Crippen LogP contribution in [0.5, 0.6) is 0 Å². The number of amides is 2. The first-order chi connectivity index (χ1) is 9.74. The van der Waals surface area contributed by atoms with Gasteiger partial charge >= 0.3 is 0 Å². The highest BCUT2D eigenvalue weighted by atomic mass is 16.2. The van der Waals surface area contributed by atoms with Crippen LogP contribution in [0.2, 0.25) is 0 Å². The maximum absolute atomic E-state index is 12.1. The molecular weight excluding hydrogens is 256 g/mol. The molecule has 2 amide bonds. The number of nitrogens with one attached hydrogen (secondary N) is 2. The molecule has 0 spiro atoms. The number of nitrogens with zero attached hydrogens (tertiary/aromatic N) is 2. The van der Waals surface area contributed by atoms with Gasteiger partial charge in [-0.05, 0) is 12.8 Å². The molecule has 1 aromatic rings. The lowest BCUT2D eigenvalue weighted by Crippen LogP contribution is -2.42. The third-order valence-electron chi connectivity index (χ3n) is 4.18. The molecule has 0 radical (unpaired) electrons. The van der Waals surface area contributed by atoms with Crippen molar-refractivity contribution in [1.82, 2.24) is 20.2 Å². The van der Waals surface area contributed by atoms with E-state index < -0.39 is 0 Å². The van der Waals surface area contributed by atoms with Crippen LogP contribution in [0, 0.1) is 0 Å². The first kappa shape index (κ1) is 13.1. The quantitative estimate of drug-likeness (QED) is 0.865. The predicted molar refractivity (Wildman–Crippen MR) is 73.2 cm³/mol. The van der Waals surface area contributed by atoms with Crippen molar-refractivity contribution in [2.75, 3.05) is 6.54 Å². The van der Waals surface area contributed by atoms with Crippen molar-refractivity contribution in [2.45, 2.75) is 50.6 Å². The van der Waals surface area contributed by atoms with Gasteiger partial charge in [-0.25, -0.2) is 4.98 Å². The summed E-state index contributed by atoms with van der Waals surface area (Å²) < 4.78 is 1.80. The molecule has 1 aromatic heterocycles. The molecule has 0 bridgehead atoms. The number of hydrogen-bond acceptors (Lipinski definition) is 3. The van der Waals surface area contributed by atoms with Crippen LogP contribution >= 0.6 is 0 Å². The van der Waals surface area contributed by atoms with E-state index in [0.717, 1.165) is 12.8 Å². The Morgan fingerprint density at radius 3 is 3.00 bits per heavy atom. The van der Waals surface area contributed by atoms with E-state index in [1.54, 1.807) is 17.1 Å². The van der Waals surface area contributed by atoms with Crippen LogP contribution in [-0.4, -0.2) is 34.0 Å². The largest absolute Gasteiger partial charge is 0.353 e. The van der Waals surface area contributed by atoms with Gasteiger partial charge in [0.1, 0.15) is 5.69 Å². The maximum atomic E-state index is 12.1. The summed E-state index contributed by atoms with van der Waals surface area (Å²) in [6.45, 7) is 0.486. The van der Waals surface area contributed by atoms with Gasteiger partial charge < -0.3 is 15.2 Å². The average Bonchev–Trinajstić information content (AvgIpc) is 2.93. The minimum absolute atomic E-state index is 0.0335. The summed E-state index contributed by atoms with van der Waals surface area (Å²) in [4.78, 5) is 27.8. The third-order valence-corrected chi connectivity index (χ3v) is 4.18. The molecule has 6 nitrogen and oxygen atoms in total. The predicted octanol–water partition coefficient (Wildman–Crippen LogP) is 1.01. The van der Waals surface area contributed by atoms with Gasteiger partial charge in [0.15, 0.2) is 0 Å². The summed E-state index contributed by atoms with van der Waals surface area (Å²) in [6.07, 6.45) is 9.42. The molecule has 20 heavy (non-hydrogen) atoms. The number of rotatable bonds is 3. The molecule has 2 N–H and O–H groups in total. The monoisotopic (exact) mass is 276 g/mol. The highest BCUT2D eigenvalue weighted by Crippen LogP contribution is 2.20. The van der Waals surface area contributed by atoms with E-state index in [9.17, 15) is 9.59 Å². The fourth-order valence-corrected chi connectivity index (χ4v) is 3.09. The molecule has 108 valence electrons. The van der Waals surface area contributed by atoms with Crippen molar-refractivity contribution in [3.63, 3.8) is 0 Å². The Morgan fingerprint density at radius 2 is 2.20 bits per heavy atom. The van der Waals surface area contributed by atoms with Gasteiger partial charge in [0, 0.05) is 19.0 Å². The lowest BCUT2D eigenvalue weighted by molar-refractivity contribution is -0.122. The van der Waals surface area contributed by atoms with Gasteiger partial charge in [-0.1, -0.05) is 19.3 Å². The van der Waals surface area contributed by atoms with E-state index >= 15 is 0 Å². The number of aromatic nitrogens is 2. The normalized spacial score (nSPS) is 23.0. The molecule has 1 aliphatic carbocycles. The summed E-state index contributed by atoms with van der Waals surface area (Å²) in [7, 11) is 0. The van der Waals surface area contributed by atoms with Crippen LogP contribution in [0.3, 0.4) is 0 Å². The molecule has 1 saturated carbocycles. The first-order valence-electron chi connectivity index (χ1n) is 7.33. The zero-order valence-corrected chi connectivity index (χ0v) is 11.5. The Labute approximate surface area is 117 Å². The topological polar surface area (TPSA) is 76.0 Å². The molecule has 2 aliphatic rings. The van der Waals surface area contributed by atoms with E-state index in [4.69, 9.17) is 0 Å². The van der Waals surface area contributed by atoms with Crippen molar-refractivity contribution in [3.05, 3.63) is 18.2 Å². The Kier molecular flexibility index (Phi) is 3.71. The lowest BCUT2D eigenvalue weighted by Gasteiger charge is -2.27. The van der Waals surface area contributed by atoms with Gasteiger partial charge in [0.05, 0.1) is 18.6 Å². The fraction of sp³-hybridized carbons (Fsp3) is 0.643. The Bertz CT molecular complexity index is 505. The Balaban J connectivity index is 1.59. The lowest BCUT2D eigenvalue weighted by atomic mass is 9.95. The van der Waals surface area contributed by atoms with Crippen molar-refractivity contribution >= 4 is 11.8 Å². The average molecular weight is 276 g/mol. The molecule has 2 heterocycles. The van der Waals surface area contributed by atoms with Gasteiger partial charge in [-0.3, -0.25) is 9.59 Å². The van der Waals surface area contributed by atoms with Crippen LogP contribution in [-0.2, 0) is 4.79 Å². The number of fused-ring (bicyclic) bond motifs is 1. The van der Waals surface area contributed by atoms with Crippen molar-refractivity contribution in [2.24, 2.45) is 0 Å². The number of carbonyl (C=O) groups excluding carboxylic acids is 2. The summed E-state index contributed by atoms with van der Waals surface area (Å²) in [5.41, 5.74) is 0.534. The van der Waals surface area contributed by atoms with E-state index in [0.29, 0.717) is 24.7 Å². The standard InChI is InChI=1S/C14H20N4O2/c19-13(17-10-4-2-1-3-5-10)6-11-7-16-14(20)12-8-15-9-18(11)12/h8-11H,1-7H2,(H,16,20)(H,17,19). The molecule has 1 atom stereocenters. The minimum Gasteiger partial charge on any atom is -0.353 e. The molecular formula is C14H20N4O2. The zero-order chi connectivity index (χ0) is 13.9. The first-order valence-corrected chi connectivity index (χ1v) is 7.33. The van der Waals surface area contributed by atoms with Crippen LogP contribution in [0.4, 0.5) is 0 Å². The van der Waals surface area contributed by atoms with Crippen LogP contribution in [0.1, 0.15) is 55.1 Å². The van der Waals surface area contributed by atoms with Gasteiger partial charge in [0.25, 0.3) is 5.91 Å². The van der Waals surface area contributed by atoms with Gasteiger partial charge in [-0.15, -0.1) is 0 Å². The molecule has 1 unspecified atom stereocenters. The number of hydrogen-bond donors (Lipinski definition) is 2. The Hall–Kier alpha value is -1.85. The van der Waals surface area contributed by atoms with E-state index in [1.165, 1.54) is 19.3 Å². The van der Waals surface area contributed by atoms with Gasteiger partial charge in [0.2, 0.25) is 5.91 Å². The fourth-order valence-electron chi connectivity index (χ4n) is 3.09. The second-order valence-electron chi connectivity index (χ2n) is 5.66. The highest BCUT2D eigenvalue weighted by Gasteiger charge is 2.27. The van der Waals surface area contributed by atoms with Crippen molar-refractivity contribution < 1.29 is 9.59 Å². The molecule has 3 rings (SSSR count). The smallest absolute Gasteiger partial charge is 0.269 e. The van der Waals surface area contributed by atoms with Crippen LogP contribution < -0.4 is 10.6 Å². The maximum Gasteiger partial charge on any atom is 0.269 e. The summed E-state index contributed by atoms with van der Waals surface area (Å²) in [5, 5.41) is 5.92. The van der Waals surface area contributed by atoms with E-state index in [1.807, 2.05) is 0 Å². The molecule has 6 heteroatoms. The van der Waals surface area contributed by atoms with Crippen LogP contribution in [0.15, 0.2) is 12.5 Å². The van der Waals surface area contributed by atoms with E-state index in [2.05, 4.69) is 15.6 Å². The molecule has 1 aliphatic heterocycles. The summed E-state index contributed by atoms with van der Waals surface area (Å²) in [6, 6.07) is 0.297. The highest BCUT2D eigenvalue weighted by molar-refractivity contribution is 5.93. The minimum atomic E-state index is -0.119. The Morgan fingerprint density at radius 1 is 1.40 bits per heavy atom. The second kappa shape index (κ2) is 5.64.